The van der Waals surface area contributed by atoms with Gasteiger partial charge in [0.15, 0.2) is 17.0 Å². The van der Waals surface area contributed by atoms with Crippen molar-refractivity contribution in [1.29, 1.82) is 0 Å². The molecule has 1 amide bonds. The molecule has 0 radical (unpaired) electrons. The van der Waals surface area contributed by atoms with Crippen LogP contribution in [-0.2, 0) is 11.3 Å². The first-order valence-corrected chi connectivity index (χ1v) is 12.3. The number of aryl methyl sites for hydroxylation is 1. The molecule has 35 heavy (non-hydrogen) atoms. The molecule has 1 aliphatic rings. The van der Waals surface area contributed by atoms with Gasteiger partial charge in [0.2, 0.25) is 0 Å². The number of allylic oxidation sites excluding steroid dienone is 1. The van der Waals surface area contributed by atoms with Gasteiger partial charge in [-0.1, -0.05) is 32.1 Å². The molecule has 0 aliphatic carbocycles. The Morgan fingerprint density at radius 3 is 2.69 bits per heavy atom. The zero-order chi connectivity index (χ0) is 25.4. The molecule has 1 fully saturated rings. The molecule has 3 rings (SSSR count). The highest BCUT2D eigenvalue weighted by Crippen LogP contribution is 2.28. The highest BCUT2D eigenvalue weighted by Gasteiger charge is 2.25. The van der Waals surface area contributed by atoms with Crippen LogP contribution in [-0.4, -0.2) is 63.4 Å². The number of carbonyl (C=O) groups is 1. The number of aromatic nitrogens is 4. The van der Waals surface area contributed by atoms with E-state index in [0.717, 1.165) is 37.7 Å². The van der Waals surface area contributed by atoms with E-state index in [2.05, 4.69) is 28.5 Å². The van der Waals surface area contributed by atoms with Crippen molar-refractivity contribution >= 4 is 23.1 Å². The Morgan fingerprint density at radius 1 is 1.29 bits per heavy atom. The number of piperidine rings is 1. The van der Waals surface area contributed by atoms with Crippen molar-refractivity contribution in [3.05, 3.63) is 24.3 Å². The van der Waals surface area contributed by atoms with Crippen LogP contribution in [0.15, 0.2) is 24.3 Å². The van der Waals surface area contributed by atoms with Crippen LogP contribution in [0.1, 0.15) is 52.9 Å². The minimum atomic E-state index is -0.284. The predicted molar refractivity (Wildman–Crippen MR) is 136 cm³/mol. The average molecular weight is 487 g/mol. The predicted octanol–water partition coefficient (Wildman–Crippen LogP) is 4.36. The summed E-state index contributed by atoms with van der Waals surface area (Å²) in [6.45, 7) is 12.1. The Kier molecular flexibility index (Phi) is 9.33. The Morgan fingerprint density at radius 2 is 2.03 bits per heavy atom. The second-order valence-corrected chi connectivity index (χ2v) is 8.96. The second kappa shape index (κ2) is 12.4. The van der Waals surface area contributed by atoms with Crippen LogP contribution in [0.2, 0.25) is 0 Å². The SMILES string of the molecule is C=C(/C=C\C)COC(=O)N1CCC(CCn2c(OC)nc3c(N)nc(O[C@@H](C)CCC)nc32)CC1. The number of imidazole rings is 1. The summed E-state index contributed by atoms with van der Waals surface area (Å²) >= 11 is 0. The maximum Gasteiger partial charge on any atom is 0.410 e. The van der Waals surface area contributed by atoms with Gasteiger partial charge in [-0.15, -0.1) is 0 Å². The average Bonchev–Trinajstić information content (AvgIpc) is 3.20. The maximum absolute atomic E-state index is 12.3. The van der Waals surface area contributed by atoms with Gasteiger partial charge in [0.05, 0.1) is 13.2 Å². The first kappa shape index (κ1) is 26.3. The number of nitrogens with two attached hydrogens (primary N) is 1. The fraction of sp³-hybridized carbons (Fsp3) is 0.600. The highest BCUT2D eigenvalue weighted by atomic mass is 16.6. The third kappa shape index (κ3) is 6.86. The van der Waals surface area contributed by atoms with Gasteiger partial charge >= 0.3 is 12.1 Å². The second-order valence-electron chi connectivity index (χ2n) is 8.96. The molecule has 2 aromatic heterocycles. The molecule has 10 nitrogen and oxygen atoms in total. The first-order valence-electron chi connectivity index (χ1n) is 12.3. The number of ether oxygens (including phenoxy) is 3. The van der Waals surface area contributed by atoms with E-state index in [1.54, 1.807) is 12.0 Å². The van der Waals surface area contributed by atoms with Crippen molar-refractivity contribution in [2.45, 2.75) is 65.5 Å². The van der Waals surface area contributed by atoms with Gasteiger partial charge in [-0.05, 0) is 51.0 Å². The van der Waals surface area contributed by atoms with Crippen LogP contribution >= 0.6 is 0 Å². The van der Waals surface area contributed by atoms with Gasteiger partial charge in [0.25, 0.3) is 6.01 Å². The van der Waals surface area contributed by atoms with Gasteiger partial charge in [-0.2, -0.15) is 15.0 Å². The van der Waals surface area contributed by atoms with E-state index in [1.165, 1.54) is 0 Å². The number of nitrogens with zero attached hydrogens (tertiary/aromatic N) is 5. The van der Waals surface area contributed by atoms with Crippen molar-refractivity contribution < 1.29 is 19.0 Å². The van der Waals surface area contributed by atoms with Crippen LogP contribution in [0.3, 0.4) is 0 Å². The van der Waals surface area contributed by atoms with Crippen molar-refractivity contribution in [3.63, 3.8) is 0 Å². The zero-order valence-electron chi connectivity index (χ0n) is 21.3. The van der Waals surface area contributed by atoms with Crippen LogP contribution in [0.25, 0.3) is 11.2 Å². The molecular formula is C25H38N6O4. The molecule has 0 unspecified atom stereocenters. The number of fused-ring (bicyclic) bond motifs is 1. The number of carbonyl (C=O) groups excluding carboxylic acids is 1. The summed E-state index contributed by atoms with van der Waals surface area (Å²) in [5.41, 5.74) is 8.05. The van der Waals surface area contributed by atoms with Gasteiger partial charge in [0.1, 0.15) is 6.61 Å². The van der Waals surface area contributed by atoms with Crippen molar-refractivity contribution in [1.82, 2.24) is 24.4 Å². The quantitative estimate of drug-likeness (QED) is 0.466. The molecule has 1 atom stereocenters. The summed E-state index contributed by atoms with van der Waals surface area (Å²) in [7, 11) is 1.58. The number of hydrogen-bond donors (Lipinski definition) is 1. The third-order valence-corrected chi connectivity index (χ3v) is 6.17. The minimum Gasteiger partial charge on any atom is -0.468 e. The van der Waals surface area contributed by atoms with E-state index in [0.29, 0.717) is 42.7 Å². The number of likely N-dealkylation sites (tertiary alicyclic amines) is 1. The smallest absolute Gasteiger partial charge is 0.410 e. The number of methoxy groups -OCH3 is 1. The fourth-order valence-electron chi connectivity index (χ4n) is 4.28. The van der Waals surface area contributed by atoms with Crippen LogP contribution in [0.4, 0.5) is 10.6 Å². The summed E-state index contributed by atoms with van der Waals surface area (Å²) in [6.07, 6.45) is 8.04. The fourth-order valence-corrected chi connectivity index (χ4v) is 4.28. The normalized spacial score (nSPS) is 15.5. The third-order valence-electron chi connectivity index (χ3n) is 6.17. The largest absolute Gasteiger partial charge is 0.468 e. The summed E-state index contributed by atoms with van der Waals surface area (Å²) in [4.78, 5) is 27.5. The Hall–Kier alpha value is -3.30. The Balaban J connectivity index is 1.61. The van der Waals surface area contributed by atoms with Crippen LogP contribution in [0.5, 0.6) is 12.0 Å². The van der Waals surface area contributed by atoms with Crippen LogP contribution in [0, 0.1) is 5.92 Å². The van der Waals surface area contributed by atoms with Gasteiger partial charge in [0, 0.05) is 19.6 Å². The van der Waals surface area contributed by atoms with Crippen LogP contribution < -0.4 is 15.2 Å². The Bertz CT molecular complexity index is 1040. The molecule has 192 valence electrons. The molecule has 0 spiro atoms. The molecule has 2 aromatic rings. The number of hydrogen-bond acceptors (Lipinski definition) is 8. The molecule has 1 aliphatic heterocycles. The van der Waals surface area contributed by atoms with Crippen molar-refractivity contribution in [2.75, 3.05) is 32.5 Å². The minimum absolute atomic E-state index is 0.00632. The molecular weight excluding hydrogens is 448 g/mol. The number of anilines is 1. The lowest BCUT2D eigenvalue weighted by Gasteiger charge is -2.31. The van der Waals surface area contributed by atoms with E-state index in [1.807, 2.05) is 30.6 Å². The number of rotatable bonds is 11. The first-order chi connectivity index (χ1) is 16.9. The van der Waals surface area contributed by atoms with E-state index in [4.69, 9.17) is 19.9 Å². The van der Waals surface area contributed by atoms with Gasteiger partial charge < -0.3 is 24.8 Å². The highest BCUT2D eigenvalue weighted by molar-refractivity contribution is 5.83. The van der Waals surface area contributed by atoms with Crippen molar-refractivity contribution in [3.8, 4) is 12.0 Å². The lowest BCUT2D eigenvalue weighted by Crippen LogP contribution is -2.39. The molecule has 0 bridgehead atoms. The van der Waals surface area contributed by atoms with Gasteiger partial charge in [-0.3, -0.25) is 4.57 Å². The summed E-state index contributed by atoms with van der Waals surface area (Å²) in [5, 5.41) is 0. The number of amides is 1. The monoisotopic (exact) mass is 486 g/mol. The topological polar surface area (TPSA) is 118 Å². The van der Waals surface area contributed by atoms with E-state index in [9.17, 15) is 4.79 Å². The molecule has 1 saturated heterocycles. The summed E-state index contributed by atoms with van der Waals surface area (Å²) in [6, 6.07) is 0.700. The molecule has 3 heterocycles. The van der Waals surface area contributed by atoms with Crippen molar-refractivity contribution in [2.24, 2.45) is 5.92 Å². The molecule has 2 N–H and O–H groups in total. The lowest BCUT2D eigenvalue weighted by molar-refractivity contribution is 0.0935. The molecule has 10 heteroatoms. The Labute approximate surface area is 207 Å². The number of nitrogen functional groups attached to an aromatic ring is 1. The molecule has 0 saturated carbocycles. The van der Waals surface area contributed by atoms with Gasteiger partial charge in [-0.25, -0.2) is 4.79 Å². The van der Waals surface area contributed by atoms with E-state index >= 15 is 0 Å². The molecule has 0 aromatic carbocycles. The zero-order valence-corrected chi connectivity index (χ0v) is 21.3. The standard InChI is InChI=1S/C25H38N6O4/c1-6-8-17(3)16-34-25(32)30-13-10-19(11-14-30)12-15-31-22-20(27-24(31)33-5)21(26)28-23(29-22)35-18(4)9-7-2/h6,8,18-19H,3,7,9-16H2,1-2,4-5H3,(H2,26,28,29)/b8-6-/t18-/m0/s1. The van der Waals surface area contributed by atoms with E-state index in [-0.39, 0.29) is 30.6 Å². The maximum atomic E-state index is 12.3. The lowest BCUT2D eigenvalue weighted by atomic mass is 9.94. The summed E-state index contributed by atoms with van der Waals surface area (Å²) < 4.78 is 18.7. The summed E-state index contributed by atoms with van der Waals surface area (Å²) in [5.74, 6) is 0.730. The van der Waals surface area contributed by atoms with E-state index < -0.39 is 0 Å².